The molecule has 0 amide bonds. The van der Waals surface area contributed by atoms with E-state index in [9.17, 15) is 9.18 Å². The summed E-state index contributed by atoms with van der Waals surface area (Å²) < 4.78 is 13.5. The fraction of sp³-hybridized carbons (Fsp3) is 0.308. The minimum absolute atomic E-state index is 0.104. The van der Waals surface area contributed by atoms with Gasteiger partial charge >= 0.3 is 0 Å². The molecule has 0 bridgehead atoms. The maximum atomic E-state index is 13.5. The molecule has 0 aliphatic heterocycles. The van der Waals surface area contributed by atoms with Crippen molar-refractivity contribution < 1.29 is 9.18 Å². The monoisotopic (exact) mass is 272 g/mol. The minimum Gasteiger partial charge on any atom is -0.288 e. The fourth-order valence-electron chi connectivity index (χ4n) is 1.29. The van der Waals surface area contributed by atoms with Gasteiger partial charge in [0.05, 0.1) is 0 Å². The van der Waals surface area contributed by atoms with Gasteiger partial charge in [0.2, 0.25) is 0 Å². The standard InChI is InChI=1S/C13H14ClFOS/c1-9-7-11(13(15)8-12(9)14)5-3-4-6-17-10(2)16/h3,5,7-8H,4,6H2,1-2H3. The van der Waals surface area contributed by atoms with Crippen LogP contribution in [-0.2, 0) is 4.79 Å². The Kier molecular flexibility index (Phi) is 5.72. The van der Waals surface area contributed by atoms with E-state index in [4.69, 9.17) is 11.6 Å². The molecule has 0 radical (unpaired) electrons. The average molecular weight is 273 g/mol. The zero-order valence-corrected chi connectivity index (χ0v) is 11.4. The molecule has 0 unspecified atom stereocenters. The van der Waals surface area contributed by atoms with Crippen LogP contribution in [0.1, 0.15) is 24.5 Å². The maximum Gasteiger partial charge on any atom is 0.185 e. The second-order valence-electron chi connectivity index (χ2n) is 3.65. The van der Waals surface area contributed by atoms with E-state index >= 15 is 0 Å². The highest BCUT2D eigenvalue weighted by Crippen LogP contribution is 2.21. The summed E-state index contributed by atoms with van der Waals surface area (Å²) in [7, 11) is 0. The molecule has 0 heterocycles. The van der Waals surface area contributed by atoms with Crippen molar-refractivity contribution in [3.63, 3.8) is 0 Å². The van der Waals surface area contributed by atoms with Gasteiger partial charge in [-0.05, 0) is 31.0 Å². The Morgan fingerprint density at radius 2 is 2.24 bits per heavy atom. The third-order valence-electron chi connectivity index (χ3n) is 2.17. The van der Waals surface area contributed by atoms with Gasteiger partial charge in [0.1, 0.15) is 5.82 Å². The van der Waals surface area contributed by atoms with Crippen LogP contribution in [0.5, 0.6) is 0 Å². The molecule has 0 spiro atoms. The van der Waals surface area contributed by atoms with Gasteiger partial charge in [0.15, 0.2) is 5.12 Å². The van der Waals surface area contributed by atoms with Gasteiger partial charge in [-0.2, -0.15) is 0 Å². The van der Waals surface area contributed by atoms with E-state index in [1.807, 2.05) is 13.0 Å². The number of hydrogen-bond donors (Lipinski definition) is 0. The summed E-state index contributed by atoms with van der Waals surface area (Å²) in [6.45, 7) is 3.38. The molecule has 17 heavy (non-hydrogen) atoms. The molecule has 0 N–H and O–H groups in total. The number of halogens is 2. The van der Waals surface area contributed by atoms with E-state index in [2.05, 4.69) is 0 Å². The third kappa shape index (κ3) is 4.92. The Labute approximate surface area is 110 Å². The van der Waals surface area contributed by atoms with Gasteiger partial charge in [-0.25, -0.2) is 4.39 Å². The van der Waals surface area contributed by atoms with Crippen molar-refractivity contribution in [2.24, 2.45) is 0 Å². The van der Waals surface area contributed by atoms with Crippen molar-refractivity contribution in [1.29, 1.82) is 0 Å². The summed E-state index contributed by atoms with van der Waals surface area (Å²) in [5.74, 6) is 0.399. The second kappa shape index (κ2) is 6.82. The Bertz CT molecular complexity index is 443. The van der Waals surface area contributed by atoms with Crippen molar-refractivity contribution >= 4 is 34.6 Å². The molecule has 92 valence electrons. The zero-order chi connectivity index (χ0) is 12.8. The summed E-state index contributed by atoms with van der Waals surface area (Å²) in [4.78, 5) is 10.7. The zero-order valence-electron chi connectivity index (χ0n) is 9.80. The summed E-state index contributed by atoms with van der Waals surface area (Å²) >= 11 is 7.07. The highest BCUT2D eigenvalue weighted by atomic mass is 35.5. The normalized spacial score (nSPS) is 11.1. The largest absolute Gasteiger partial charge is 0.288 e. The summed E-state index contributed by atoms with van der Waals surface area (Å²) in [6, 6.07) is 3.03. The lowest BCUT2D eigenvalue weighted by Crippen LogP contribution is -1.86. The van der Waals surface area contributed by atoms with Crippen molar-refractivity contribution in [2.45, 2.75) is 20.3 Å². The third-order valence-corrected chi connectivity index (χ3v) is 3.42. The molecule has 0 aliphatic carbocycles. The van der Waals surface area contributed by atoms with E-state index in [1.165, 1.54) is 24.8 Å². The van der Waals surface area contributed by atoms with Crippen LogP contribution in [0.15, 0.2) is 18.2 Å². The number of allylic oxidation sites excluding steroid dienone is 1. The molecule has 0 fully saturated rings. The van der Waals surface area contributed by atoms with Crippen LogP contribution in [0.25, 0.3) is 6.08 Å². The van der Waals surface area contributed by atoms with Crippen molar-refractivity contribution in [3.05, 3.63) is 40.2 Å². The van der Waals surface area contributed by atoms with Gasteiger partial charge in [-0.15, -0.1) is 0 Å². The van der Waals surface area contributed by atoms with Crippen LogP contribution in [0, 0.1) is 12.7 Å². The SMILES string of the molecule is CC(=O)SCCC=Cc1cc(C)c(Cl)cc1F. The quantitative estimate of drug-likeness (QED) is 0.752. The molecule has 1 nitrogen and oxygen atoms in total. The molecule has 0 aliphatic rings. The Morgan fingerprint density at radius 3 is 2.88 bits per heavy atom. The first-order valence-corrected chi connectivity index (χ1v) is 6.62. The molecule has 1 aromatic rings. The van der Waals surface area contributed by atoms with Crippen LogP contribution in [0.4, 0.5) is 4.39 Å². The number of benzene rings is 1. The van der Waals surface area contributed by atoms with Crippen molar-refractivity contribution in [2.75, 3.05) is 5.75 Å². The van der Waals surface area contributed by atoms with E-state index in [-0.39, 0.29) is 10.9 Å². The first-order chi connectivity index (χ1) is 8.00. The van der Waals surface area contributed by atoms with E-state index in [0.717, 1.165) is 17.7 Å². The molecule has 0 atom stereocenters. The van der Waals surface area contributed by atoms with Crippen LogP contribution >= 0.6 is 23.4 Å². The Hall–Kier alpha value is -0.800. The van der Waals surface area contributed by atoms with Crippen LogP contribution < -0.4 is 0 Å². The number of hydrogen-bond acceptors (Lipinski definition) is 2. The van der Waals surface area contributed by atoms with Gasteiger partial charge in [0.25, 0.3) is 0 Å². The Balaban J connectivity index is 2.59. The maximum absolute atomic E-state index is 13.5. The molecule has 1 rings (SSSR count). The van der Waals surface area contributed by atoms with Crippen molar-refractivity contribution in [3.8, 4) is 0 Å². The first-order valence-electron chi connectivity index (χ1n) is 5.26. The van der Waals surface area contributed by atoms with Gasteiger partial charge in [-0.1, -0.05) is 35.5 Å². The molecule has 0 saturated carbocycles. The minimum atomic E-state index is -0.323. The van der Waals surface area contributed by atoms with Crippen LogP contribution in [0.2, 0.25) is 5.02 Å². The lowest BCUT2D eigenvalue weighted by atomic mass is 10.1. The molecule has 4 heteroatoms. The molecular weight excluding hydrogens is 259 g/mol. The predicted octanol–water partition coefficient (Wildman–Crippen LogP) is 4.47. The summed E-state index contributed by atoms with van der Waals surface area (Å²) in [6.07, 6.45) is 4.33. The summed E-state index contributed by atoms with van der Waals surface area (Å²) in [5, 5.41) is 0.540. The smallest absolute Gasteiger partial charge is 0.185 e. The van der Waals surface area contributed by atoms with Crippen molar-refractivity contribution in [1.82, 2.24) is 0 Å². The summed E-state index contributed by atoms with van der Waals surface area (Å²) in [5.41, 5.74) is 1.38. The highest BCUT2D eigenvalue weighted by molar-refractivity contribution is 8.13. The van der Waals surface area contributed by atoms with E-state index < -0.39 is 0 Å². The highest BCUT2D eigenvalue weighted by Gasteiger charge is 2.02. The predicted molar refractivity (Wildman–Crippen MR) is 72.9 cm³/mol. The first kappa shape index (κ1) is 14.3. The van der Waals surface area contributed by atoms with Crippen LogP contribution in [0.3, 0.4) is 0 Å². The van der Waals surface area contributed by atoms with Crippen LogP contribution in [-0.4, -0.2) is 10.9 Å². The van der Waals surface area contributed by atoms with Gasteiger partial charge in [-0.3, -0.25) is 4.79 Å². The fourth-order valence-corrected chi connectivity index (χ4v) is 1.98. The molecular formula is C13H14ClFOS. The topological polar surface area (TPSA) is 17.1 Å². The number of thioether (sulfide) groups is 1. The number of carbonyl (C=O) groups excluding carboxylic acids is 1. The van der Waals surface area contributed by atoms with E-state index in [1.54, 1.807) is 12.1 Å². The van der Waals surface area contributed by atoms with Gasteiger partial charge in [0, 0.05) is 23.3 Å². The second-order valence-corrected chi connectivity index (χ2v) is 5.33. The molecule has 0 aromatic heterocycles. The van der Waals surface area contributed by atoms with Gasteiger partial charge < -0.3 is 0 Å². The number of carbonyl (C=O) groups is 1. The lowest BCUT2D eigenvalue weighted by Gasteiger charge is -2.01. The average Bonchev–Trinajstić information content (AvgIpc) is 2.24. The number of aryl methyl sites for hydroxylation is 1. The molecule has 0 saturated heterocycles. The Morgan fingerprint density at radius 1 is 1.53 bits per heavy atom. The molecule has 1 aromatic carbocycles. The van der Waals surface area contributed by atoms with E-state index in [0.29, 0.717) is 10.6 Å². The lowest BCUT2D eigenvalue weighted by molar-refractivity contribution is -0.109. The number of rotatable bonds is 4.